The largest absolute Gasteiger partial charge is 0.326 e. The van der Waals surface area contributed by atoms with E-state index in [1.807, 2.05) is 47.8 Å². The SMILES string of the molecule is O=C(Cc1csc(SCc2ccc(Cl)cc2Cl)n1)Nc1ccccc1. The molecule has 0 aliphatic carbocycles. The number of aromatic nitrogens is 1. The topological polar surface area (TPSA) is 42.0 Å². The second kappa shape index (κ2) is 8.72. The Kier molecular flexibility index (Phi) is 6.37. The number of thiazole rings is 1. The van der Waals surface area contributed by atoms with Gasteiger partial charge in [0.25, 0.3) is 0 Å². The van der Waals surface area contributed by atoms with Crippen LogP contribution >= 0.6 is 46.3 Å². The van der Waals surface area contributed by atoms with Gasteiger partial charge in [-0.15, -0.1) is 11.3 Å². The van der Waals surface area contributed by atoms with E-state index in [4.69, 9.17) is 23.2 Å². The van der Waals surface area contributed by atoms with Crippen molar-refractivity contribution in [3.05, 3.63) is 75.2 Å². The van der Waals surface area contributed by atoms with Gasteiger partial charge in [0, 0.05) is 26.9 Å². The normalized spacial score (nSPS) is 10.6. The van der Waals surface area contributed by atoms with E-state index in [-0.39, 0.29) is 12.3 Å². The third-order valence-corrected chi connectivity index (χ3v) is 6.00. The molecule has 0 aliphatic heterocycles. The summed E-state index contributed by atoms with van der Waals surface area (Å²) in [5.74, 6) is 0.632. The lowest BCUT2D eigenvalue weighted by Gasteiger charge is -2.03. The van der Waals surface area contributed by atoms with Gasteiger partial charge in [-0.05, 0) is 29.8 Å². The first-order valence-corrected chi connectivity index (χ1v) is 10.1. The number of para-hydroxylation sites is 1. The molecule has 0 atom stereocenters. The van der Waals surface area contributed by atoms with E-state index in [0.717, 1.165) is 21.3 Å². The number of hydrogen-bond donors (Lipinski definition) is 1. The summed E-state index contributed by atoms with van der Waals surface area (Å²) in [5, 5.41) is 6.05. The highest BCUT2D eigenvalue weighted by Gasteiger charge is 2.09. The van der Waals surface area contributed by atoms with Crippen molar-refractivity contribution in [2.24, 2.45) is 0 Å². The molecule has 0 bridgehead atoms. The average molecular weight is 409 g/mol. The molecule has 0 radical (unpaired) electrons. The maximum absolute atomic E-state index is 12.1. The van der Waals surface area contributed by atoms with E-state index in [9.17, 15) is 4.79 Å². The minimum atomic E-state index is -0.0752. The predicted octanol–water partition coefficient (Wildman–Crippen LogP) is 5.92. The van der Waals surface area contributed by atoms with Crippen LogP contribution in [0.25, 0.3) is 0 Å². The summed E-state index contributed by atoms with van der Waals surface area (Å²) in [5.41, 5.74) is 2.56. The minimum Gasteiger partial charge on any atom is -0.326 e. The van der Waals surface area contributed by atoms with E-state index in [1.165, 1.54) is 11.3 Å². The van der Waals surface area contributed by atoms with Crippen LogP contribution in [0.5, 0.6) is 0 Å². The van der Waals surface area contributed by atoms with Crippen LogP contribution < -0.4 is 5.32 Å². The molecule has 0 saturated heterocycles. The zero-order valence-electron chi connectivity index (χ0n) is 13.0. The highest BCUT2D eigenvalue weighted by atomic mass is 35.5. The molecule has 2 aromatic carbocycles. The fourth-order valence-corrected chi connectivity index (χ4v) is 4.51. The van der Waals surface area contributed by atoms with Gasteiger partial charge in [-0.3, -0.25) is 4.79 Å². The Labute approximate surface area is 164 Å². The highest BCUT2D eigenvalue weighted by Crippen LogP contribution is 2.30. The van der Waals surface area contributed by atoms with E-state index in [1.54, 1.807) is 17.8 Å². The van der Waals surface area contributed by atoms with Gasteiger partial charge in [0.05, 0.1) is 12.1 Å². The van der Waals surface area contributed by atoms with Crippen molar-refractivity contribution in [1.29, 1.82) is 0 Å². The molecule has 1 aromatic heterocycles. The number of anilines is 1. The number of amides is 1. The number of rotatable bonds is 6. The fraction of sp³-hybridized carbons (Fsp3) is 0.111. The maximum atomic E-state index is 12.1. The summed E-state index contributed by atoms with van der Waals surface area (Å²) in [7, 11) is 0. The van der Waals surface area contributed by atoms with Crippen LogP contribution in [0.1, 0.15) is 11.3 Å². The van der Waals surface area contributed by atoms with Gasteiger partial charge in [0.1, 0.15) is 4.34 Å². The monoisotopic (exact) mass is 408 g/mol. The third-order valence-electron chi connectivity index (χ3n) is 3.30. The molecular formula is C18H14Cl2N2OS2. The molecule has 0 fully saturated rings. The molecule has 0 unspecified atom stereocenters. The molecule has 1 N–H and O–H groups in total. The lowest BCUT2D eigenvalue weighted by Crippen LogP contribution is -2.14. The molecular weight excluding hydrogens is 395 g/mol. The van der Waals surface area contributed by atoms with E-state index < -0.39 is 0 Å². The number of carbonyl (C=O) groups is 1. The standard InChI is InChI=1S/C18H14Cl2N2OS2/c19-13-7-6-12(16(20)8-13)10-24-18-22-15(11-25-18)9-17(23)21-14-4-2-1-3-5-14/h1-8,11H,9-10H2,(H,21,23). The third kappa shape index (κ3) is 5.47. The van der Waals surface area contributed by atoms with Crippen molar-refractivity contribution < 1.29 is 4.79 Å². The molecule has 3 aromatic rings. The van der Waals surface area contributed by atoms with Gasteiger partial charge in [0.2, 0.25) is 5.91 Å². The van der Waals surface area contributed by atoms with Gasteiger partial charge in [-0.2, -0.15) is 0 Å². The van der Waals surface area contributed by atoms with Crippen molar-refractivity contribution in [3.8, 4) is 0 Å². The van der Waals surface area contributed by atoms with Crippen LogP contribution in [0.15, 0.2) is 58.3 Å². The van der Waals surface area contributed by atoms with Gasteiger partial charge in [-0.1, -0.05) is 59.2 Å². The van der Waals surface area contributed by atoms with Crippen LogP contribution in [0, 0.1) is 0 Å². The summed E-state index contributed by atoms with van der Waals surface area (Å²) in [6, 6.07) is 14.9. The molecule has 3 rings (SSSR count). The smallest absolute Gasteiger partial charge is 0.230 e. The summed E-state index contributed by atoms with van der Waals surface area (Å²) in [6.07, 6.45) is 0.258. The molecule has 3 nitrogen and oxygen atoms in total. The van der Waals surface area contributed by atoms with Crippen molar-refractivity contribution in [2.75, 3.05) is 5.32 Å². The van der Waals surface area contributed by atoms with Crippen LogP contribution in [-0.4, -0.2) is 10.9 Å². The van der Waals surface area contributed by atoms with Crippen molar-refractivity contribution >= 4 is 57.9 Å². The molecule has 128 valence electrons. The summed E-state index contributed by atoms with van der Waals surface area (Å²) < 4.78 is 0.911. The molecule has 1 heterocycles. The Morgan fingerprint density at radius 1 is 1.16 bits per heavy atom. The van der Waals surface area contributed by atoms with Gasteiger partial charge < -0.3 is 5.32 Å². The number of halogens is 2. The van der Waals surface area contributed by atoms with Crippen LogP contribution in [-0.2, 0) is 17.0 Å². The Hall–Kier alpha value is -1.53. The molecule has 0 aliphatic rings. The van der Waals surface area contributed by atoms with E-state index in [2.05, 4.69) is 10.3 Å². The highest BCUT2D eigenvalue weighted by molar-refractivity contribution is 8.00. The fourth-order valence-electron chi connectivity index (χ4n) is 2.11. The Balaban J connectivity index is 1.54. The zero-order valence-corrected chi connectivity index (χ0v) is 16.2. The van der Waals surface area contributed by atoms with Gasteiger partial charge >= 0.3 is 0 Å². The minimum absolute atomic E-state index is 0.0752. The molecule has 1 amide bonds. The molecule has 0 saturated carbocycles. The lowest BCUT2D eigenvalue weighted by molar-refractivity contribution is -0.115. The second-order valence-electron chi connectivity index (χ2n) is 5.22. The molecule has 7 heteroatoms. The van der Waals surface area contributed by atoms with Crippen molar-refractivity contribution in [1.82, 2.24) is 4.98 Å². The lowest BCUT2D eigenvalue weighted by atomic mass is 10.2. The summed E-state index contributed by atoms with van der Waals surface area (Å²) in [4.78, 5) is 16.6. The first-order valence-electron chi connectivity index (χ1n) is 7.46. The van der Waals surface area contributed by atoms with Crippen molar-refractivity contribution in [3.63, 3.8) is 0 Å². The Morgan fingerprint density at radius 3 is 2.72 bits per heavy atom. The van der Waals surface area contributed by atoms with Crippen molar-refractivity contribution in [2.45, 2.75) is 16.5 Å². The number of thioether (sulfide) groups is 1. The Morgan fingerprint density at radius 2 is 1.96 bits per heavy atom. The van der Waals surface area contributed by atoms with Crippen LogP contribution in [0.4, 0.5) is 5.69 Å². The van der Waals surface area contributed by atoms with Gasteiger partial charge in [-0.25, -0.2) is 4.98 Å². The molecule has 0 spiro atoms. The number of nitrogens with zero attached hydrogens (tertiary/aromatic N) is 1. The predicted molar refractivity (Wildman–Crippen MR) is 107 cm³/mol. The number of hydrogen-bond acceptors (Lipinski definition) is 4. The van der Waals surface area contributed by atoms with Crippen LogP contribution in [0.3, 0.4) is 0 Å². The van der Waals surface area contributed by atoms with E-state index >= 15 is 0 Å². The number of carbonyl (C=O) groups excluding carboxylic acids is 1. The maximum Gasteiger partial charge on any atom is 0.230 e. The Bertz CT molecular complexity index is 869. The van der Waals surface area contributed by atoms with Gasteiger partial charge in [0.15, 0.2) is 0 Å². The quantitative estimate of drug-likeness (QED) is 0.514. The molecule has 25 heavy (non-hydrogen) atoms. The zero-order chi connectivity index (χ0) is 17.6. The average Bonchev–Trinajstić information content (AvgIpc) is 3.02. The first kappa shape index (κ1) is 18.3. The van der Waals surface area contributed by atoms with E-state index in [0.29, 0.717) is 15.8 Å². The number of benzene rings is 2. The second-order valence-corrected chi connectivity index (χ2v) is 8.14. The summed E-state index contributed by atoms with van der Waals surface area (Å²) in [6.45, 7) is 0. The number of nitrogens with one attached hydrogen (secondary N) is 1. The first-order chi connectivity index (χ1) is 12.1. The van der Waals surface area contributed by atoms with Crippen LogP contribution in [0.2, 0.25) is 10.0 Å². The summed E-state index contributed by atoms with van der Waals surface area (Å²) >= 11 is 15.2.